The number of benzene rings is 2. The lowest BCUT2D eigenvalue weighted by molar-refractivity contribution is -0.114. The fraction of sp³-hybridized carbons (Fsp3) is 0.0952. The number of nitrogens with one attached hydrogen (secondary N) is 3. The molecule has 0 spiro atoms. The van der Waals surface area contributed by atoms with Crippen LogP contribution in [-0.4, -0.2) is 21.8 Å². The lowest BCUT2D eigenvalue weighted by atomic mass is 10.2. The van der Waals surface area contributed by atoms with E-state index in [0.29, 0.717) is 28.3 Å². The van der Waals surface area contributed by atoms with E-state index in [0.717, 1.165) is 0 Å². The monoisotopic (exact) mass is 386 g/mol. The summed E-state index contributed by atoms with van der Waals surface area (Å²) >= 11 is 0. The number of rotatable bonds is 5. The van der Waals surface area contributed by atoms with Gasteiger partial charge in [-0.1, -0.05) is 6.07 Å². The maximum atomic E-state index is 12.6. The zero-order chi connectivity index (χ0) is 20.8. The first-order valence-electron chi connectivity index (χ1n) is 8.75. The highest BCUT2D eigenvalue weighted by Crippen LogP contribution is 2.18. The van der Waals surface area contributed by atoms with Gasteiger partial charge < -0.3 is 16.0 Å². The summed E-state index contributed by atoms with van der Waals surface area (Å²) < 4.78 is 0. The molecule has 8 heteroatoms. The Kier molecular flexibility index (Phi) is 5.80. The van der Waals surface area contributed by atoms with Crippen molar-refractivity contribution in [2.24, 2.45) is 0 Å². The minimum absolute atomic E-state index is 0.193. The van der Waals surface area contributed by atoms with E-state index >= 15 is 0 Å². The van der Waals surface area contributed by atoms with Crippen LogP contribution in [0.5, 0.6) is 0 Å². The van der Waals surface area contributed by atoms with E-state index in [4.69, 9.17) is 5.26 Å². The van der Waals surface area contributed by atoms with E-state index < -0.39 is 5.91 Å². The molecule has 8 nitrogen and oxygen atoms in total. The fourth-order valence-corrected chi connectivity index (χ4v) is 2.57. The molecule has 0 aliphatic rings. The predicted octanol–water partition coefficient (Wildman–Crippen LogP) is 3.61. The van der Waals surface area contributed by atoms with Crippen LogP contribution in [0.1, 0.15) is 28.7 Å². The van der Waals surface area contributed by atoms with Gasteiger partial charge in [-0.05, 0) is 55.5 Å². The first kappa shape index (κ1) is 19.5. The summed E-state index contributed by atoms with van der Waals surface area (Å²) in [7, 11) is 0. The summed E-state index contributed by atoms with van der Waals surface area (Å²) in [6, 6.07) is 17.3. The molecule has 0 saturated carbocycles. The average molecular weight is 386 g/mol. The zero-order valence-corrected chi connectivity index (χ0v) is 15.9. The van der Waals surface area contributed by atoms with Gasteiger partial charge in [-0.15, -0.1) is 0 Å². The summed E-state index contributed by atoms with van der Waals surface area (Å²) in [5, 5.41) is 17.3. The van der Waals surface area contributed by atoms with Crippen LogP contribution >= 0.6 is 0 Å². The number of amides is 2. The van der Waals surface area contributed by atoms with Gasteiger partial charge in [-0.2, -0.15) is 5.26 Å². The van der Waals surface area contributed by atoms with Gasteiger partial charge in [0.25, 0.3) is 5.91 Å². The second-order valence-corrected chi connectivity index (χ2v) is 6.25. The minimum Gasteiger partial charge on any atom is -0.326 e. The van der Waals surface area contributed by atoms with Crippen LogP contribution in [0.2, 0.25) is 0 Å². The topological polar surface area (TPSA) is 120 Å². The van der Waals surface area contributed by atoms with Crippen LogP contribution in [0.25, 0.3) is 0 Å². The molecule has 3 rings (SSSR count). The number of nitriles is 1. The lowest BCUT2D eigenvalue weighted by Gasteiger charge is -2.10. The number of nitrogens with zero attached hydrogens (tertiary/aromatic N) is 3. The first-order valence-corrected chi connectivity index (χ1v) is 8.75. The van der Waals surface area contributed by atoms with Crippen LogP contribution in [0.15, 0.2) is 54.6 Å². The number of aryl methyl sites for hydroxylation is 1. The zero-order valence-electron chi connectivity index (χ0n) is 15.9. The normalized spacial score (nSPS) is 9.97. The quantitative estimate of drug-likeness (QED) is 0.616. The Morgan fingerprint density at radius 3 is 2.28 bits per heavy atom. The Morgan fingerprint density at radius 2 is 1.62 bits per heavy atom. The van der Waals surface area contributed by atoms with Crippen molar-refractivity contribution in [2.45, 2.75) is 13.8 Å². The van der Waals surface area contributed by atoms with Gasteiger partial charge in [0.1, 0.15) is 5.69 Å². The fourth-order valence-electron chi connectivity index (χ4n) is 2.57. The van der Waals surface area contributed by atoms with Gasteiger partial charge in [0.05, 0.1) is 11.6 Å². The van der Waals surface area contributed by atoms with Gasteiger partial charge in [-0.25, -0.2) is 9.97 Å². The van der Waals surface area contributed by atoms with E-state index in [-0.39, 0.29) is 17.5 Å². The molecule has 3 N–H and O–H groups in total. The molecular weight excluding hydrogens is 368 g/mol. The molecule has 2 amide bonds. The highest BCUT2D eigenvalue weighted by molar-refractivity contribution is 6.03. The van der Waals surface area contributed by atoms with Gasteiger partial charge in [0, 0.05) is 29.7 Å². The molecule has 0 unspecified atom stereocenters. The van der Waals surface area contributed by atoms with Crippen molar-refractivity contribution in [1.82, 2.24) is 9.97 Å². The SMILES string of the molecule is CC(=O)Nc1cccc(NC(=O)c2cc(C)nc(Nc3ccc(C#N)cc3)n2)c1. The third-order valence-corrected chi connectivity index (χ3v) is 3.80. The largest absolute Gasteiger partial charge is 0.326 e. The molecule has 0 saturated heterocycles. The molecule has 0 bridgehead atoms. The summed E-state index contributed by atoms with van der Waals surface area (Å²) in [6.07, 6.45) is 0. The third kappa shape index (κ3) is 5.37. The molecular formula is C21H18N6O2. The van der Waals surface area contributed by atoms with Crippen LogP contribution in [0.4, 0.5) is 23.0 Å². The molecule has 0 aliphatic carbocycles. The number of hydrogen-bond donors (Lipinski definition) is 3. The maximum Gasteiger partial charge on any atom is 0.274 e. The van der Waals surface area contributed by atoms with Crippen LogP contribution in [0.3, 0.4) is 0 Å². The average Bonchev–Trinajstić information content (AvgIpc) is 2.68. The Hall–Kier alpha value is -4.25. The second-order valence-electron chi connectivity index (χ2n) is 6.25. The molecule has 144 valence electrons. The summed E-state index contributed by atoms with van der Waals surface area (Å²) in [6.45, 7) is 3.18. The highest BCUT2D eigenvalue weighted by atomic mass is 16.2. The van der Waals surface area contributed by atoms with Crippen molar-refractivity contribution in [1.29, 1.82) is 5.26 Å². The highest BCUT2D eigenvalue weighted by Gasteiger charge is 2.12. The van der Waals surface area contributed by atoms with Crippen molar-refractivity contribution in [2.75, 3.05) is 16.0 Å². The summed E-state index contributed by atoms with van der Waals surface area (Å²) in [5.74, 6) is -0.330. The van der Waals surface area contributed by atoms with Crippen molar-refractivity contribution in [3.8, 4) is 6.07 Å². The Balaban J connectivity index is 1.77. The number of aromatic nitrogens is 2. The number of anilines is 4. The third-order valence-electron chi connectivity index (χ3n) is 3.80. The van der Waals surface area contributed by atoms with Crippen LogP contribution < -0.4 is 16.0 Å². The Bertz CT molecular complexity index is 1100. The van der Waals surface area contributed by atoms with Crippen molar-refractivity contribution < 1.29 is 9.59 Å². The summed E-state index contributed by atoms with van der Waals surface area (Å²) in [4.78, 5) is 32.4. The lowest BCUT2D eigenvalue weighted by Crippen LogP contribution is -2.16. The molecule has 0 atom stereocenters. The van der Waals surface area contributed by atoms with E-state index in [1.54, 1.807) is 61.5 Å². The number of carbonyl (C=O) groups excluding carboxylic acids is 2. The van der Waals surface area contributed by atoms with E-state index in [2.05, 4.69) is 32.0 Å². The minimum atomic E-state index is -0.404. The van der Waals surface area contributed by atoms with E-state index in [9.17, 15) is 9.59 Å². The standard InChI is InChI=1S/C21H18N6O2/c1-13-10-19(20(29)25-18-5-3-4-17(11-18)24-14(2)28)27-21(23-13)26-16-8-6-15(12-22)7-9-16/h3-11H,1-2H3,(H,24,28)(H,25,29)(H,23,26,27). The van der Waals surface area contributed by atoms with E-state index in [1.807, 2.05) is 0 Å². The molecule has 1 aromatic heterocycles. The predicted molar refractivity (Wildman–Crippen MR) is 110 cm³/mol. The van der Waals surface area contributed by atoms with Gasteiger partial charge >= 0.3 is 0 Å². The van der Waals surface area contributed by atoms with Gasteiger partial charge in [0.2, 0.25) is 11.9 Å². The van der Waals surface area contributed by atoms with Crippen molar-refractivity contribution in [3.63, 3.8) is 0 Å². The maximum absolute atomic E-state index is 12.6. The van der Waals surface area contributed by atoms with Crippen LogP contribution in [-0.2, 0) is 4.79 Å². The number of carbonyl (C=O) groups is 2. The first-order chi connectivity index (χ1) is 13.9. The molecule has 29 heavy (non-hydrogen) atoms. The molecule has 0 fully saturated rings. The molecule has 3 aromatic rings. The molecule has 1 heterocycles. The Morgan fingerprint density at radius 1 is 0.931 bits per heavy atom. The molecule has 0 radical (unpaired) electrons. The van der Waals surface area contributed by atoms with Gasteiger partial charge in [-0.3, -0.25) is 9.59 Å². The molecule has 0 aliphatic heterocycles. The molecule has 2 aromatic carbocycles. The van der Waals surface area contributed by atoms with Crippen LogP contribution in [0, 0.1) is 18.3 Å². The number of hydrogen-bond acceptors (Lipinski definition) is 6. The van der Waals surface area contributed by atoms with Gasteiger partial charge in [0.15, 0.2) is 0 Å². The Labute approximate surface area is 167 Å². The van der Waals surface area contributed by atoms with Crippen molar-refractivity contribution >= 4 is 34.8 Å². The second kappa shape index (κ2) is 8.63. The van der Waals surface area contributed by atoms with Crippen molar-refractivity contribution in [3.05, 3.63) is 71.5 Å². The smallest absolute Gasteiger partial charge is 0.274 e. The van der Waals surface area contributed by atoms with E-state index in [1.165, 1.54) is 6.92 Å². The summed E-state index contributed by atoms with van der Waals surface area (Å²) in [5.41, 5.74) is 3.16.